The van der Waals surface area contributed by atoms with Gasteiger partial charge in [0.1, 0.15) is 5.78 Å². The summed E-state index contributed by atoms with van der Waals surface area (Å²) in [6.07, 6.45) is -0.0108. The molecule has 0 heterocycles. The molecule has 0 saturated heterocycles. The lowest BCUT2D eigenvalue weighted by atomic mass is 10.1. The fourth-order valence-corrected chi connectivity index (χ4v) is 2.47. The summed E-state index contributed by atoms with van der Waals surface area (Å²) in [6.45, 7) is 1.34. The Labute approximate surface area is 106 Å². The fraction of sp³-hybridized carbons (Fsp3) is 0.364. The fourth-order valence-electron chi connectivity index (χ4n) is 1.40. The van der Waals surface area contributed by atoms with Gasteiger partial charge in [-0.05, 0) is 29.8 Å². The highest BCUT2D eigenvalue weighted by atomic mass is 35.5. The standard InChI is InChI=1S/C11H10ClF3OS/c1-7(16)5-8-3-2-4-9(6-12)10(8)17-11(13,14)15/h2-4H,5-6H2,1H3. The van der Waals surface area contributed by atoms with Gasteiger partial charge in [-0.25, -0.2) is 0 Å². The number of hydrogen-bond donors (Lipinski definition) is 0. The molecule has 94 valence electrons. The van der Waals surface area contributed by atoms with Crippen molar-refractivity contribution in [3.05, 3.63) is 29.3 Å². The Morgan fingerprint density at radius 1 is 1.35 bits per heavy atom. The van der Waals surface area contributed by atoms with Crippen LogP contribution in [0.15, 0.2) is 23.1 Å². The summed E-state index contributed by atoms with van der Waals surface area (Å²) >= 11 is 5.39. The molecule has 1 nitrogen and oxygen atoms in total. The quantitative estimate of drug-likeness (QED) is 0.609. The molecule has 0 atom stereocenters. The second-order valence-corrected chi connectivity index (χ2v) is 4.81. The molecular formula is C11H10ClF3OS. The van der Waals surface area contributed by atoms with Crippen molar-refractivity contribution < 1.29 is 18.0 Å². The van der Waals surface area contributed by atoms with Crippen LogP contribution in [0, 0.1) is 0 Å². The van der Waals surface area contributed by atoms with E-state index in [2.05, 4.69) is 0 Å². The molecular weight excluding hydrogens is 273 g/mol. The maximum atomic E-state index is 12.4. The van der Waals surface area contributed by atoms with Gasteiger partial charge in [0.25, 0.3) is 0 Å². The average molecular weight is 283 g/mol. The first-order chi connectivity index (χ1) is 7.83. The van der Waals surface area contributed by atoms with Crippen LogP contribution in [0.1, 0.15) is 18.1 Å². The molecule has 1 rings (SSSR count). The highest BCUT2D eigenvalue weighted by molar-refractivity contribution is 8.00. The van der Waals surface area contributed by atoms with Crippen LogP contribution < -0.4 is 0 Å². The lowest BCUT2D eigenvalue weighted by molar-refractivity contribution is -0.116. The summed E-state index contributed by atoms with van der Waals surface area (Å²) in [7, 11) is 0. The molecule has 0 N–H and O–H groups in total. The average Bonchev–Trinajstić information content (AvgIpc) is 2.17. The number of carbonyl (C=O) groups excluding carboxylic acids is 1. The topological polar surface area (TPSA) is 17.1 Å². The lowest BCUT2D eigenvalue weighted by Crippen LogP contribution is -2.05. The van der Waals surface area contributed by atoms with E-state index < -0.39 is 5.51 Å². The van der Waals surface area contributed by atoms with Crippen molar-refractivity contribution in [2.75, 3.05) is 0 Å². The first-order valence-corrected chi connectivity index (χ1v) is 6.10. The van der Waals surface area contributed by atoms with Crippen LogP contribution in [0.4, 0.5) is 13.2 Å². The number of alkyl halides is 4. The first-order valence-electron chi connectivity index (χ1n) is 4.75. The van der Waals surface area contributed by atoms with E-state index in [0.29, 0.717) is 11.1 Å². The summed E-state index contributed by atoms with van der Waals surface area (Å²) in [6, 6.07) is 4.66. The Kier molecular flexibility index (Phi) is 4.89. The molecule has 0 aliphatic carbocycles. The van der Waals surface area contributed by atoms with Crippen LogP contribution >= 0.6 is 23.4 Å². The summed E-state index contributed by atoms with van der Waals surface area (Å²) in [5.41, 5.74) is -3.61. The number of Topliss-reactive ketones (excluding diaryl/α,β-unsaturated/α-hetero) is 1. The third kappa shape index (κ3) is 4.60. The van der Waals surface area contributed by atoms with Gasteiger partial charge in [-0.1, -0.05) is 18.2 Å². The van der Waals surface area contributed by atoms with Crippen molar-refractivity contribution in [2.24, 2.45) is 0 Å². The van der Waals surface area contributed by atoms with E-state index in [1.165, 1.54) is 19.1 Å². The van der Waals surface area contributed by atoms with Crippen LogP contribution in [0.3, 0.4) is 0 Å². The Bertz CT molecular complexity index is 418. The van der Waals surface area contributed by atoms with E-state index >= 15 is 0 Å². The van der Waals surface area contributed by atoms with Crippen LogP contribution in [0.5, 0.6) is 0 Å². The van der Waals surface area contributed by atoms with Crippen molar-refractivity contribution in [3.63, 3.8) is 0 Å². The summed E-state index contributed by atoms with van der Waals surface area (Å²) in [5.74, 6) is -0.190. The minimum atomic E-state index is -4.38. The summed E-state index contributed by atoms with van der Waals surface area (Å²) < 4.78 is 37.2. The molecule has 17 heavy (non-hydrogen) atoms. The third-order valence-corrected chi connectivity index (χ3v) is 3.23. The number of halogens is 4. The molecule has 0 aliphatic rings. The van der Waals surface area contributed by atoms with Gasteiger partial charge >= 0.3 is 5.51 Å². The van der Waals surface area contributed by atoms with Gasteiger partial charge in [-0.2, -0.15) is 13.2 Å². The second-order valence-electron chi connectivity index (χ2n) is 3.47. The Morgan fingerprint density at radius 2 is 1.94 bits per heavy atom. The van der Waals surface area contributed by atoms with Crippen LogP contribution in [-0.2, 0) is 17.1 Å². The zero-order chi connectivity index (χ0) is 13.1. The molecule has 0 unspecified atom stereocenters. The van der Waals surface area contributed by atoms with Crippen molar-refractivity contribution in [2.45, 2.75) is 29.6 Å². The van der Waals surface area contributed by atoms with Crippen LogP contribution in [-0.4, -0.2) is 11.3 Å². The van der Waals surface area contributed by atoms with E-state index in [-0.39, 0.29) is 34.7 Å². The first kappa shape index (κ1) is 14.4. The maximum Gasteiger partial charge on any atom is 0.446 e. The Hall–Kier alpha value is -0.680. The molecule has 0 bridgehead atoms. The number of benzene rings is 1. The van der Waals surface area contributed by atoms with Gasteiger partial charge in [0.05, 0.1) is 0 Å². The largest absolute Gasteiger partial charge is 0.446 e. The number of ketones is 1. The van der Waals surface area contributed by atoms with Crippen molar-refractivity contribution in [3.8, 4) is 0 Å². The molecule has 0 aromatic heterocycles. The van der Waals surface area contributed by atoms with E-state index in [0.717, 1.165) is 0 Å². The Balaban J connectivity index is 3.15. The third-order valence-electron chi connectivity index (χ3n) is 1.98. The summed E-state index contributed by atoms with van der Waals surface area (Å²) in [4.78, 5) is 11.1. The number of thioether (sulfide) groups is 1. The molecule has 0 spiro atoms. The predicted molar refractivity (Wildman–Crippen MR) is 62.3 cm³/mol. The molecule has 0 aliphatic heterocycles. The summed E-state index contributed by atoms with van der Waals surface area (Å²) in [5, 5.41) is 0. The minimum Gasteiger partial charge on any atom is -0.300 e. The van der Waals surface area contributed by atoms with Crippen molar-refractivity contribution in [1.29, 1.82) is 0 Å². The molecule has 1 aromatic carbocycles. The van der Waals surface area contributed by atoms with Gasteiger partial charge in [-0.3, -0.25) is 4.79 Å². The smallest absolute Gasteiger partial charge is 0.300 e. The van der Waals surface area contributed by atoms with Gasteiger partial charge in [0, 0.05) is 17.2 Å². The molecule has 0 saturated carbocycles. The van der Waals surface area contributed by atoms with Gasteiger partial charge in [0.2, 0.25) is 0 Å². The molecule has 0 radical (unpaired) electrons. The normalized spacial score (nSPS) is 11.6. The maximum absolute atomic E-state index is 12.4. The van der Waals surface area contributed by atoms with Crippen molar-refractivity contribution in [1.82, 2.24) is 0 Å². The van der Waals surface area contributed by atoms with E-state index in [9.17, 15) is 18.0 Å². The van der Waals surface area contributed by atoms with Gasteiger partial charge in [-0.15, -0.1) is 11.6 Å². The molecule has 0 fully saturated rings. The van der Waals surface area contributed by atoms with E-state index in [1.807, 2.05) is 0 Å². The van der Waals surface area contributed by atoms with Crippen LogP contribution in [0.2, 0.25) is 0 Å². The van der Waals surface area contributed by atoms with Crippen molar-refractivity contribution >= 4 is 29.1 Å². The van der Waals surface area contributed by atoms with Gasteiger partial charge < -0.3 is 0 Å². The minimum absolute atomic E-state index is 0.00976. The van der Waals surface area contributed by atoms with E-state index in [1.54, 1.807) is 6.07 Å². The molecule has 0 amide bonds. The number of carbonyl (C=O) groups is 1. The number of hydrogen-bond acceptors (Lipinski definition) is 2. The second kappa shape index (κ2) is 5.78. The zero-order valence-corrected chi connectivity index (χ0v) is 10.5. The SMILES string of the molecule is CC(=O)Cc1cccc(CCl)c1SC(F)(F)F. The highest BCUT2D eigenvalue weighted by Crippen LogP contribution is 2.41. The van der Waals surface area contributed by atoms with Gasteiger partial charge in [0.15, 0.2) is 0 Å². The predicted octanol–water partition coefficient (Wildman–Crippen LogP) is 4.17. The monoisotopic (exact) mass is 282 g/mol. The molecule has 6 heteroatoms. The van der Waals surface area contributed by atoms with Crippen LogP contribution in [0.25, 0.3) is 0 Å². The zero-order valence-electron chi connectivity index (χ0n) is 8.97. The number of rotatable bonds is 4. The Morgan fingerprint density at radius 3 is 2.41 bits per heavy atom. The highest BCUT2D eigenvalue weighted by Gasteiger charge is 2.31. The lowest BCUT2D eigenvalue weighted by Gasteiger charge is -2.13. The van der Waals surface area contributed by atoms with E-state index in [4.69, 9.17) is 11.6 Å². The molecule has 1 aromatic rings.